The van der Waals surface area contributed by atoms with Gasteiger partial charge < -0.3 is 4.74 Å². The van der Waals surface area contributed by atoms with Crippen molar-refractivity contribution in [3.8, 4) is 0 Å². The first-order chi connectivity index (χ1) is 8.07. The highest BCUT2D eigenvalue weighted by Gasteiger charge is 2.10. The van der Waals surface area contributed by atoms with Crippen LogP contribution in [0.5, 0.6) is 0 Å². The average molecular weight is 238 g/mol. The normalized spacial score (nSPS) is 10.9. The van der Waals surface area contributed by atoms with Crippen LogP contribution in [0.15, 0.2) is 24.7 Å². The molecular formula is C16H30O. The van der Waals surface area contributed by atoms with Gasteiger partial charge in [0.05, 0.1) is 11.5 Å². The zero-order valence-corrected chi connectivity index (χ0v) is 12.2. The van der Waals surface area contributed by atoms with E-state index in [1.807, 2.05) is 0 Å². The van der Waals surface area contributed by atoms with Crippen molar-refractivity contribution in [2.45, 2.75) is 66.2 Å². The number of hydrogen-bond donors (Lipinski definition) is 0. The molecule has 0 saturated heterocycles. The number of ether oxygens (including phenoxy) is 1. The van der Waals surface area contributed by atoms with Crippen molar-refractivity contribution < 1.29 is 4.74 Å². The largest absolute Gasteiger partial charge is 0.467 e. The van der Waals surface area contributed by atoms with Gasteiger partial charge in [0.15, 0.2) is 0 Å². The molecule has 0 aliphatic heterocycles. The Bertz CT molecular complexity index is 198. The number of rotatable bonds is 10. The predicted octanol–water partition coefficient (Wildman–Crippen LogP) is 5.68. The molecule has 0 aromatic carbocycles. The van der Waals surface area contributed by atoms with Crippen LogP contribution in [0.25, 0.3) is 0 Å². The lowest BCUT2D eigenvalue weighted by atomic mass is 9.98. The van der Waals surface area contributed by atoms with Crippen LogP contribution >= 0.6 is 0 Å². The fourth-order valence-corrected chi connectivity index (χ4v) is 2.09. The molecule has 0 amide bonds. The molecule has 0 unspecified atom stereocenters. The topological polar surface area (TPSA) is 9.23 Å². The van der Waals surface area contributed by atoms with Crippen molar-refractivity contribution in [1.29, 1.82) is 0 Å². The van der Waals surface area contributed by atoms with Crippen molar-refractivity contribution >= 4 is 0 Å². The van der Waals surface area contributed by atoms with E-state index in [2.05, 4.69) is 40.9 Å². The van der Waals surface area contributed by atoms with Crippen LogP contribution in [0.2, 0.25) is 0 Å². The van der Waals surface area contributed by atoms with Crippen LogP contribution in [0.1, 0.15) is 66.2 Å². The van der Waals surface area contributed by atoms with Crippen molar-refractivity contribution in [2.75, 3.05) is 0 Å². The van der Waals surface area contributed by atoms with Gasteiger partial charge in [-0.2, -0.15) is 0 Å². The summed E-state index contributed by atoms with van der Waals surface area (Å²) in [6, 6.07) is 0. The van der Waals surface area contributed by atoms with Crippen molar-refractivity contribution in [3.63, 3.8) is 0 Å². The van der Waals surface area contributed by atoms with Crippen LogP contribution in [0.4, 0.5) is 0 Å². The Morgan fingerprint density at radius 3 is 1.29 bits per heavy atom. The third kappa shape index (κ3) is 7.25. The van der Waals surface area contributed by atoms with Crippen LogP contribution < -0.4 is 0 Å². The molecule has 17 heavy (non-hydrogen) atoms. The second-order valence-corrected chi connectivity index (χ2v) is 4.95. The molecule has 1 nitrogen and oxygen atoms in total. The zero-order valence-electron chi connectivity index (χ0n) is 12.2. The first-order valence-electron chi connectivity index (χ1n) is 7.10. The van der Waals surface area contributed by atoms with Gasteiger partial charge in [-0.25, -0.2) is 0 Å². The minimum Gasteiger partial charge on any atom is -0.467 e. The molecule has 0 aromatic heterocycles. The second kappa shape index (κ2) is 9.32. The zero-order chi connectivity index (χ0) is 13.3. The summed E-state index contributed by atoms with van der Waals surface area (Å²) in [7, 11) is 0. The molecule has 0 aliphatic carbocycles. The van der Waals surface area contributed by atoms with Gasteiger partial charge in [0.2, 0.25) is 0 Å². The third-order valence-corrected chi connectivity index (χ3v) is 3.63. The number of hydrogen-bond acceptors (Lipinski definition) is 1. The molecular weight excluding hydrogens is 208 g/mol. The lowest BCUT2D eigenvalue weighted by Crippen LogP contribution is -2.04. The van der Waals surface area contributed by atoms with Crippen LogP contribution in [0, 0.1) is 11.8 Å². The van der Waals surface area contributed by atoms with E-state index in [0.29, 0.717) is 11.8 Å². The highest BCUT2D eigenvalue weighted by molar-refractivity contribution is 4.95. The van der Waals surface area contributed by atoms with Gasteiger partial charge in [-0.15, -0.1) is 0 Å². The number of allylic oxidation sites excluding steroid dienone is 2. The van der Waals surface area contributed by atoms with Crippen LogP contribution in [-0.2, 0) is 4.74 Å². The van der Waals surface area contributed by atoms with Crippen molar-refractivity contribution in [1.82, 2.24) is 0 Å². The molecule has 0 heterocycles. The predicted molar refractivity (Wildman–Crippen MR) is 76.7 cm³/mol. The molecule has 0 rings (SSSR count). The first-order valence-corrected chi connectivity index (χ1v) is 7.10. The van der Waals surface area contributed by atoms with E-state index in [-0.39, 0.29) is 0 Å². The Morgan fingerprint density at radius 2 is 1.06 bits per heavy atom. The van der Waals surface area contributed by atoms with E-state index >= 15 is 0 Å². The van der Waals surface area contributed by atoms with E-state index in [1.54, 1.807) is 0 Å². The van der Waals surface area contributed by atoms with Gasteiger partial charge in [-0.05, 0) is 11.8 Å². The summed E-state index contributed by atoms with van der Waals surface area (Å²) in [6.07, 6.45) is 6.70. The molecule has 0 saturated carbocycles. The molecule has 0 spiro atoms. The molecule has 0 radical (unpaired) electrons. The van der Waals surface area contributed by atoms with E-state index in [4.69, 9.17) is 4.74 Å². The SMILES string of the molecule is C=C(CC(CC)CC)OC(=C)CC(CC)CC. The molecule has 0 atom stereocenters. The highest BCUT2D eigenvalue weighted by Crippen LogP contribution is 2.23. The lowest BCUT2D eigenvalue weighted by Gasteiger charge is -2.18. The average Bonchev–Trinajstić information content (AvgIpc) is 2.32. The summed E-state index contributed by atoms with van der Waals surface area (Å²) in [6.45, 7) is 16.9. The van der Waals surface area contributed by atoms with E-state index in [9.17, 15) is 0 Å². The monoisotopic (exact) mass is 238 g/mol. The molecule has 0 aromatic rings. The summed E-state index contributed by atoms with van der Waals surface area (Å²) in [5.41, 5.74) is 0. The van der Waals surface area contributed by atoms with Crippen molar-refractivity contribution in [2.24, 2.45) is 11.8 Å². The highest BCUT2D eigenvalue weighted by atomic mass is 16.5. The summed E-state index contributed by atoms with van der Waals surface area (Å²) in [4.78, 5) is 0. The Labute approximate surface area is 108 Å². The second-order valence-electron chi connectivity index (χ2n) is 4.95. The van der Waals surface area contributed by atoms with E-state index in [1.165, 1.54) is 25.7 Å². The molecule has 0 bridgehead atoms. The van der Waals surface area contributed by atoms with Gasteiger partial charge in [-0.3, -0.25) is 0 Å². The minimum atomic E-state index is 0.698. The Balaban J connectivity index is 3.99. The maximum atomic E-state index is 5.73. The standard InChI is InChI=1S/C16H30O/c1-7-15(8-2)11-13(5)17-14(6)12-16(9-3)10-4/h15-16H,5-12H2,1-4H3. The Morgan fingerprint density at radius 1 is 0.765 bits per heavy atom. The van der Waals surface area contributed by atoms with Gasteiger partial charge in [-0.1, -0.05) is 66.5 Å². The quantitative estimate of drug-likeness (QED) is 0.445. The fraction of sp³-hybridized carbons (Fsp3) is 0.750. The van der Waals surface area contributed by atoms with E-state index in [0.717, 1.165) is 24.4 Å². The Hall–Kier alpha value is -0.720. The smallest absolute Gasteiger partial charge is 0.0967 e. The van der Waals surface area contributed by atoms with Gasteiger partial charge in [0.1, 0.15) is 0 Å². The maximum absolute atomic E-state index is 5.73. The summed E-state index contributed by atoms with van der Waals surface area (Å²) in [5.74, 6) is 3.16. The van der Waals surface area contributed by atoms with Crippen LogP contribution in [0.3, 0.4) is 0 Å². The van der Waals surface area contributed by atoms with Gasteiger partial charge in [0, 0.05) is 12.8 Å². The molecule has 1 heteroatoms. The molecule has 0 aliphatic rings. The van der Waals surface area contributed by atoms with Crippen molar-refractivity contribution in [3.05, 3.63) is 24.7 Å². The maximum Gasteiger partial charge on any atom is 0.0967 e. The summed E-state index contributed by atoms with van der Waals surface area (Å²) >= 11 is 0. The lowest BCUT2D eigenvalue weighted by molar-refractivity contribution is 0.243. The van der Waals surface area contributed by atoms with Gasteiger partial charge >= 0.3 is 0 Å². The summed E-state index contributed by atoms with van der Waals surface area (Å²) in [5, 5.41) is 0. The Kier molecular flexibility index (Phi) is 8.93. The molecule has 100 valence electrons. The van der Waals surface area contributed by atoms with Gasteiger partial charge in [0.25, 0.3) is 0 Å². The summed E-state index contributed by atoms with van der Waals surface area (Å²) < 4.78 is 5.73. The minimum absolute atomic E-state index is 0.698. The fourth-order valence-electron chi connectivity index (χ4n) is 2.09. The molecule has 0 N–H and O–H groups in total. The molecule has 0 fully saturated rings. The third-order valence-electron chi connectivity index (χ3n) is 3.63. The van der Waals surface area contributed by atoms with E-state index < -0.39 is 0 Å². The van der Waals surface area contributed by atoms with Crippen LogP contribution in [-0.4, -0.2) is 0 Å². The first kappa shape index (κ1) is 16.3.